The normalized spacial score (nSPS) is 13.0. The first-order valence-corrected chi connectivity index (χ1v) is 15.2. The van der Waals surface area contributed by atoms with E-state index in [1.54, 1.807) is 0 Å². The van der Waals surface area contributed by atoms with Crippen molar-refractivity contribution in [2.45, 2.75) is 169 Å². The molecule has 0 aromatic carbocycles. The van der Waals surface area contributed by atoms with Gasteiger partial charge in [-0.1, -0.05) is 125 Å². The molecule has 1 unspecified atom stereocenters. The van der Waals surface area contributed by atoms with Gasteiger partial charge < -0.3 is 18.9 Å². The second kappa shape index (κ2) is 25.9. The van der Waals surface area contributed by atoms with Crippen LogP contribution < -0.4 is 0 Å². The second-order valence-electron chi connectivity index (χ2n) is 9.89. The quantitative estimate of drug-likeness (QED) is 0.0814. The molecule has 0 aliphatic rings. The van der Waals surface area contributed by atoms with Crippen molar-refractivity contribution in [2.75, 3.05) is 26.4 Å². The van der Waals surface area contributed by atoms with Crippen molar-refractivity contribution < 1.29 is 18.9 Å². The molecule has 0 aromatic rings. The molecule has 0 saturated heterocycles. The monoisotopic (exact) mass is 486 g/mol. The van der Waals surface area contributed by atoms with E-state index in [9.17, 15) is 0 Å². The zero-order chi connectivity index (χ0) is 25.2. The molecule has 4 heteroatoms. The number of hydrogen-bond donors (Lipinski definition) is 0. The Bertz CT molecular complexity index is 357. The summed E-state index contributed by atoms with van der Waals surface area (Å²) in [5, 5.41) is 0. The lowest BCUT2D eigenvalue weighted by Crippen LogP contribution is -2.52. The third kappa shape index (κ3) is 18.2. The predicted octanol–water partition coefficient (Wildman–Crippen LogP) is 9.59. The van der Waals surface area contributed by atoms with Crippen LogP contribution in [0.15, 0.2) is 0 Å². The number of rotatable bonds is 28. The van der Waals surface area contributed by atoms with Gasteiger partial charge in [-0.05, 0) is 32.1 Å². The van der Waals surface area contributed by atoms with Crippen LogP contribution in [-0.2, 0) is 18.9 Å². The van der Waals surface area contributed by atoms with Gasteiger partial charge >= 0.3 is 5.97 Å². The first-order valence-electron chi connectivity index (χ1n) is 15.2. The molecular formula is C30H62O4. The molecule has 206 valence electrons. The summed E-state index contributed by atoms with van der Waals surface area (Å²) in [4.78, 5) is 0. The Morgan fingerprint density at radius 1 is 0.412 bits per heavy atom. The van der Waals surface area contributed by atoms with E-state index in [0.29, 0.717) is 19.8 Å². The average molecular weight is 487 g/mol. The minimum atomic E-state index is -1.06. The first-order chi connectivity index (χ1) is 16.7. The van der Waals surface area contributed by atoms with Gasteiger partial charge in [0.2, 0.25) is 0 Å². The largest absolute Gasteiger partial charge is 0.370 e. The predicted molar refractivity (Wildman–Crippen MR) is 146 cm³/mol. The Hall–Kier alpha value is -0.160. The molecule has 0 fully saturated rings. The van der Waals surface area contributed by atoms with E-state index in [2.05, 4.69) is 34.6 Å². The number of hydrogen-bond acceptors (Lipinski definition) is 4. The van der Waals surface area contributed by atoms with Crippen molar-refractivity contribution in [1.29, 1.82) is 0 Å². The third-order valence-corrected chi connectivity index (χ3v) is 6.43. The Kier molecular flexibility index (Phi) is 25.8. The van der Waals surface area contributed by atoms with E-state index < -0.39 is 5.97 Å². The maximum atomic E-state index is 6.54. The molecule has 0 aliphatic carbocycles. The minimum absolute atomic E-state index is 0.166. The van der Waals surface area contributed by atoms with Crippen LogP contribution in [0.5, 0.6) is 0 Å². The number of unbranched alkanes of at least 4 members (excludes halogenated alkanes) is 13. The van der Waals surface area contributed by atoms with Gasteiger partial charge in [-0.25, -0.2) is 0 Å². The van der Waals surface area contributed by atoms with Crippen molar-refractivity contribution in [3.8, 4) is 0 Å². The lowest BCUT2D eigenvalue weighted by Gasteiger charge is -2.39. The van der Waals surface area contributed by atoms with E-state index >= 15 is 0 Å². The van der Waals surface area contributed by atoms with E-state index in [4.69, 9.17) is 18.9 Å². The maximum Gasteiger partial charge on any atom is 0.310 e. The van der Waals surface area contributed by atoms with E-state index in [0.717, 1.165) is 45.1 Å². The van der Waals surface area contributed by atoms with E-state index in [1.165, 1.54) is 83.5 Å². The van der Waals surface area contributed by atoms with Gasteiger partial charge in [-0.3, -0.25) is 0 Å². The Morgan fingerprint density at radius 3 is 1.21 bits per heavy atom. The van der Waals surface area contributed by atoms with Crippen LogP contribution in [0.25, 0.3) is 0 Å². The summed E-state index contributed by atoms with van der Waals surface area (Å²) in [5.74, 6) is -1.06. The maximum absolute atomic E-state index is 6.54. The highest BCUT2D eigenvalue weighted by atomic mass is 16.9. The molecule has 0 N–H and O–H groups in total. The molecule has 4 nitrogen and oxygen atoms in total. The Labute approximate surface area is 214 Å². The van der Waals surface area contributed by atoms with Crippen LogP contribution in [-0.4, -0.2) is 38.5 Å². The average Bonchev–Trinajstić information content (AvgIpc) is 2.85. The van der Waals surface area contributed by atoms with Gasteiger partial charge in [0, 0.05) is 6.61 Å². The fourth-order valence-electron chi connectivity index (χ4n) is 4.15. The lowest BCUT2D eigenvalue weighted by atomic mass is 10.1. The zero-order valence-corrected chi connectivity index (χ0v) is 24.0. The molecule has 0 rings (SSSR count). The van der Waals surface area contributed by atoms with Crippen LogP contribution in [0.3, 0.4) is 0 Å². The summed E-state index contributed by atoms with van der Waals surface area (Å²) < 4.78 is 26.1. The van der Waals surface area contributed by atoms with Gasteiger partial charge in [-0.15, -0.1) is 0 Å². The van der Waals surface area contributed by atoms with Crippen molar-refractivity contribution >= 4 is 0 Å². The fraction of sp³-hybridized carbons (Fsp3) is 1.00. The Morgan fingerprint density at radius 2 is 0.765 bits per heavy atom. The standard InChI is InChI=1S/C30H62O4/c1-6-11-16-17-18-19-24-29(31-25-20-12-7-2)30(32-26-21-13-8-3,33-27-22-14-9-4)34-28-23-15-10-5/h29H,6-28H2,1-5H3. The van der Waals surface area contributed by atoms with Gasteiger partial charge in [0.1, 0.15) is 6.10 Å². The molecular weight excluding hydrogens is 424 g/mol. The van der Waals surface area contributed by atoms with Crippen LogP contribution in [0.2, 0.25) is 0 Å². The lowest BCUT2D eigenvalue weighted by molar-refractivity contribution is -0.419. The molecule has 0 heterocycles. The molecule has 0 saturated carbocycles. The molecule has 1 atom stereocenters. The molecule has 0 aliphatic heterocycles. The zero-order valence-electron chi connectivity index (χ0n) is 24.0. The molecule has 0 aromatic heterocycles. The van der Waals surface area contributed by atoms with Crippen LogP contribution in [0.1, 0.15) is 157 Å². The van der Waals surface area contributed by atoms with Gasteiger partial charge in [0.05, 0.1) is 19.8 Å². The molecule has 0 radical (unpaired) electrons. The van der Waals surface area contributed by atoms with Crippen LogP contribution in [0, 0.1) is 0 Å². The summed E-state index contributed by atoms with van der Waals surface area (Å²) in [6, 6.07) is 0. The Balaban J connectivity index is 5.43. The van der Waals surface area contributed by atoms with Crippen molar-refractivity contribution in [2.24, 2.45) is 0 Å². The second-order valence-corrected chi connectivity index (χ2v) is 9.89. The summed E-state index contributed by atoms with van der Waals surface area (Å²) >= 11 is 0. The SMILES string of the molecule is CCCCCCCCC(OCCCCC)C(OCCCCC)(OCCCCC)OCCCCC. The fourth-order valence-corrected chi connectivity index (χ4v) is 4.15. The van der Waals surface area contributed by atoms with Crippen molar-refractivity contribution in [1.82, 2.24) is 0 Å². The first kappa shape index (κ1) is 33.8. The van der Waals surface area contributed by atoms with Gasteiger partial charge in [0.25, 0.3) is 0 Å². The van der Waals surface area contributed by atoms with Crippen molar-refractivity contribution in [3.63, 3.8) is 0 Å². The molecule has 34 heavy (non-hydrogen) atoms. The molecule has 0 spiro atoms. The molecule has 0 bridgehead atoms. The van der Waals surface area contributed by atoms with Crippen LogP contribution in [0.4, 0.5) is 0 Å². The topological polar surface area (TPSA) is 36.9 Å². The summed E-state index contributed by atoms with van der Waals surface area (Å²) in [6.45, 7) is 14.0. The van der Waals surface area contributed by atoms with E-state index in [1.807, 2.05) is 0 Å². The van der Waals surface area contributed by atoms with Gasteiger partial charge in [-0.2, -0.15) is 0 Å². The number of ether oxygens (including phenoxy) is 4. The van der Waals surface area contributed by atoms with Crippen LogP contribution >= 0.6 is 0 Å². The minimum Gasteiger partial charge on any atom is -0.370 e. The highest BCUT2D eigenvalue weighted by Gasteiger charge is 2.43. The third-order valence-electron chi connectivity index (χ3n) is 6.43. The summed E-state index contributed by atoms with van der Waals surface area (Å²) in [5.41, 5.74) is 0. The van der Waals surface area contributed by atoms with Gasteiger partial charge in [0.15, 0.2) is 0 Å². The van der Waals surface area contributed by atoms with E-state index in [-0.39, 0.29) is 6.10 Å². The molecule has 0 amide bonds. The smallest absolute Gasteiger partial charge is 0.310 e. The summed E-state index contributed by atoms with van der Waals surface area (Å²) in [7, 11) is 0. The highest BCUT2D eigenvalue weighted by Crippen LogP contribution is 2.29. The highest BCUT2D eigenvalue weighted by molar-refractivity contribution is 4.74. The summed E-state index contributed by atoms with van der Waals surface area (Å²) in [6.07, 6.45) is 22.0. The van der Waals surface area contributed by atoms with Crippen molar-refractivity contribution in [3.05, 3.63) is 0 Å².